The van der Waals surface area contributed by atoms with Crippen molar-refractivity contribution in [2.75, 3.05) is 12.3 Å². The van der Waals surface area contributed by atoms with Gasteiger partial charge in [0.15, 0.2) is 5.13 Å². The van der Waals surface area contributed by atoms with Crippen LogP contribution in [-0.4, -0.2) is 11.5 Å². The quantitative estimate of drug-likeness (QED) is 0.819. The standard InChI is InChI=1S/C12H14ClN3S/c13-10-3-1-2-9(6-10)4-5-15-7-11-8-16-12(14)17-11/h1-3,6,8,15H,4-5,7H2,(H2,14,16). The smallest absolute Gasteiger partial charge is 0.180 e. The van der Waals surface area contributed by atoms with Gasteiger partial charge in [-0.25, -0.2) is 4.98 Å². The first-order valence-corrected chi connectivity index (χ1v) is 6.59. The number of nitrogens with one attached hydrogen (secondary N) is 1. The normalized spacial score (nSPS) is 10.6. The molecule has 0 amide bonds. The molecule has 0 atom stereocenters. The first kappa shape index (κ1) is 12.4. The van der Waals surface area contributed by atoms with Crippen molar-refractivity contribution in [3.05, 3.63) is 45.9 Å². The van der Waals surface area contributed by atoms with Crippen molar-refractivity contribution in [2.45, 2.75) is 13.0 Å². The van der Waals surface area contributed by atoms with Gasteiger partial charge in [-0.05, 0) is 30.7 Å². The summed E-state index contributed by atoms with van der Waals surface area (Å²) in [6, 6.07) is 7.94. The van der Waals surface area contributed by atoms with Gasteiger partial charge in [-0.3, -0.25) is 0 Å². The van der Waals surface area contributed by atoms with Gasteiger partial charge in [0.2, 0.25) is 0 Å². The van der Waals surface area contributed by atoms with Gasteiger partial charge in [-0.2, -0.15) is 0 Å². The molecule has 1 heterocycles. The van der Waals surface area contributed by atoms with E-state index < -0.39 is 0 Å². The molecule has 0 aliphatic rings. The minimum Gasteiger partial charge on any atom is -0.375 e. The lowest BCUT2D eigenvalue weighted by Gasteiger charge is -2.03. The Morgan fingerprint density at radius 2 is 2.29 bits per heavy atom. The number of rotatable bonds is 5. The second kappa shape index (κ2) is 6.00. The number of hydrogen-bond acceptors (Lipinski definition) is 4. The minimum atomic E-state index is 0.622. The molecule has 0 unspecified atom stereocenters. The molecule has 0 bridgehead atoms. The first-order chi connectivity index (χ1) is 8.24. The number of thiazole rings is 1. The van der Waals surface area contributed by atoms with Crippen LogP contribution in [0.2, 0.25) is 5.02 Å². The van der Waals surface area contributed by atoms with E-state index in [1.807, 2.05) is 24.4 Å². The number of benzene rings is 1. The van der Waals surface area contributed by atoms with Gasteiger partial charge in [0, 0.05) is 22.6 Å². The molecular weight excluding hydrogens is 254 g/mol. The molecule has 0 aliphatic carbocycles. The molecule has 2 rings (SSSR count). The maximum absolute atomic E-state index is 5.92. The summed E-state index contributed by atoms with van der Waals surface area (Å²) in [5.74, 6) is 0. The Morgan fingerprint density at radius 3 is 3.00 bits per heavy atom. The van der Waals surface area contributed by atoms with Crippen LogP contribution >= 0.6 is 22.9 Å². The van der Waals surface area contributed by atoms with Crippen LogP contribution in [0.4, 0.5) is 5.13 Å². The Hall–Kier alpha value is -1.10. The molecule has 0 radical (unpaired) electrons. The number of aromatic nitrogens is 1. The van der Waals surface area contributed by atoms with E-state index in [9.17, 15) is 0 Å². The predicted octanol–water partition coefficient (Wildman–Crippen LogP) is 2.71. The van der Waals surface area contributed by atoms with Crippen molar-refractivity contribution in [1.29, 1.82) is 0 Å². The van der Waals surface area contributed by atoms with Gasteiger partial charge in [0.25, 0.3) is 0 Å². The third kappa shape index (κ3) is 4.00. The van der Waals surface area contributed by atoms with E-state index in [0.29, 0.717) is 5.13 Å². The minimum absolute atomic E-state index is 0.622. The van der Waals surface area contributed by atoms with E-state index in [2.05, 4.69) is 16.4 Å². The zero-order valence-electron chi connectivity index (χ0n) is 9.32. The second-order valence-corrected chi connectivity index (χ2v) is 5.30. The Bertz CT molecular complexity index is 484. The number of nitrogens with two attached hydrogens (primary N) is 1. The Kier molecular flexibility index (Phi) is 4.36. The van der Waals surface area contributed by atoms with E-state index in [4.69, 9.17) is 17.3 Å². The van der Waals surface area contributed by atoms with Gasteiger partial charge < -0.3 is 11.1 Å². The van der Waals surface area contributed by atoms with Gasteiger partial charge in [-0.15, -0.1) is 11.3 Å². The highest BCUT2D eigenvalue weighted by molar-refractivity contribution is 7.15. The fourth-order valence-electron chi connectivity index (χ4n) is 1.54. The summed E-state index contributed by atoms with van der Waals surface area (Å²) in [5, 5.41) is 4.77. The van der Waals surface area contributed by atoms with Crippen LogP contribution in [0.15, 0.2) is 30.5 Å². The Balaban J connectivity index is 1.73. The summed E-state index contributed by atoms with van der Waals surface area (Å²) in [4.78, 5) is 5.16. The van der Waals surface area contributed by atoms with Crippen molar-refractivity contribution in [2.24, 2.45) is 0 Å². The topological polar surface area (TPSA) is 50.9 Å². The molecule has 0 spiro atoms. The maximum atomic E-state index is 5.92. The fraction of sp³-hybridized carbons (Fsp3) is 0.250. The molecule has 1 aromatic heterocycles. The zero-order chi connectivity index (χ0) is 12.1. The second-order valence-electron chi connectivity index (χ2n) is 3.72. The van der Waals surface area contributed by atoms with Crippen molar-refractivity contribution in [3.63, 3.8) is 0 Å². The lowest BCUT2D eigenvalue weighted by atomic mass is 10.1. The first-order valence-electron chi connectivity index (χ1n) is 5.39. The van der Waals surface area contributed by atoms with Crippen LogP contribution in [0.25, 0.3) is 0 Å². The third-order valence-electron chi connectivity index (χ3n) is 2.35. The fourth-order valence-corrected chi connectivity index (χ4v) is 2.41. The van der Waals surface area contributed by atoms with Crippen molar-refractivity contribution in [1.82, 2.24) is 10.3 Å². The van der Waals surface area contributed by atoms with Crippen LogP contribution in [0, 0.1) is 0 Å². The molecule has 0 saturated heterocycles. The van der Waals surface area contributed by atoms with E-state index >= 15 is 0 Å². The summed E-state index contributed by atoms with van der Waals surface area (Å²) in [6.45, 7) is 1.73. The highest BCUT2D eigenvalue weighted by Crippen LogP contribution is 2.14. The number of anilines is 1. The maximum Gasteiger partial charge on any atom is 0.180 e. The molecule has 2 aromatic rings. The highest BCUT2D eigenvalue weighted by atomic mass is 35.5. The zero-order valence-corrected chi connectivity index (χ0v) is 10.9. The average molecular weight is 268 g/mol. The molecule has 90 valence electrons. The van der Waals surface area contributed by atoms with Crippen molar-refractivity contribution >= 4 is 28.1 Å². The largest absolute Gasteiger partial charge is 0.375 e. The number of halogens is 1. The van der Waals surface area contributed by atoms with Gasteiger partial charge >= 0.3 is 0 Å². The predicted molar refractivity (Wildman–Crippen MR) is 73.4 cm³/mol. The summed E-state index contributed by atoms with van der Waals surface area (Å²) in [6.07, 6.45) is 2.78. The molecule has 17 heavy (non-hydrogen) atoms. The van der Waals surface area contributed by atoms with Crippen LogP contribution in [0.1, 0.15) is 10.4 Å². The summed E-state index contributed by atoms with van der Waals surface area (Å²) in [5.41, 5.74) is 6.80. The van der Waals surface area contributed by atoms with E-state index in [-0.39, 0.29) is 0 Å². The monoisotopic (exact) mass is 267 g/mol. The van der Waals surface area contributed by atoms with E-state index in [0.717, 1.165) is 29.4 Å². The van der Waals surface area contributed by atoms with Crippen LogP contribution in [0.5, 0.6) is 0 Å². The molecule has 5 heteroatoms. The summed E-state index contributed by atoms with van der Waals surface area (Å²) in [7, 11) is 0. The highest BCUT2D eigenvalue weighted by Gasteiger charge is 1.98. The van der Waals surface area contributed by atoms with Crippen LogP contribution in [-0.2, 0) is 13.0 Å². The van der Waals surface area contributed by atoms with Gasteiger partial charge in [0.05, 0.1) is 0 Å². The molecule has 3 N–H and O–H groups in total. The molecule has 1 aromatic carbocycles. The molecule has 0 saturated carbocycles. The van der Waals surface area contributed by atoms with Crippen molar-refractivity contribution < 1.29 is 0 Å². The number of nitrogens with zero attached hydrogens (tertiary/aromatic N) is 1. The number of hydrogen-bond donors (Lipinski definition) is 2. The van der Waals surface area contributed by atoms with E-state index in [1.54, 1.807) is 0 Å². The van der Waals surface area contributed by atoms with Gasteiger partial charge in [-0.1, -0.05) is 23.7 Å². The lowest BCUT2D eigenvalue weighted by molar-refractivity contribution is 0.693. The molecule has 3 nitrogen and oxygen atoms in total. The Morgan fingerprint density at radius 1 is 1.41 bits per heavy atom. The van der Waals surface area contributed by atoms with Crippen LogP contribution in [0.3, 0.4) is 0 Å². The lowest BCUT2D eigenvalue weighted by Crippen LogP contribution is -2.15. The SMILES string of the molecule is Nc1ncc(CNCCc2cccc(Cl)c2)s1. The molecule has 0 aliphatic heterocycles. The third-order valence-corrected chi connectivity index (χ3v) is 3.41. The molecular formula is C12H14ClN3S. The van der Waals surface area contributed by atoms with Gasteiger partial charge in [0.1, 0.15) is 0 Å². The number of nitrogen functional groups attached to an aromatic ring is 1. The van der Waals surface area contributed by atoms with Crippen LogP contribution < -0.4 is 11.1 Å². The summed E-state index contributed by atoms with van der Waals surface area (Å²) < 4.78 is 0. The Labute approximate surface area is 110 Å². The van der Waals surface area contributed by atoms with E-state index in [1.165, 1.54) is 16.9 Å². The average Bonchev–Trinajstić information content (AvgIpc) is 2.71. The molecule has 0 fully saturated rings. The summed E-state index contributed by atoms with van der Waals surface area (Å²) >= 11 is 7.43. The van der Waals surface area contributed by atoms with Crippen molar-refractivity contribution in [3.8, 4) is 0 Å².